The van der Waals surface area contributed by atoms with Crippen molar-refractivity contribution in [3.8, 4) is 0 Å². The number of nitrogen functional groups attached to an aromatic ring is 1. The van der Waals surface area contributed by atoms with Gasteiger partial charge in [-0.1, -0.05) is 24.3 Å². The third kappa shape index (κ3) is 2.83. The Kier molecular flexibility index (Phi) is 3.37. The fraction of sp³-hybridized carbons (Fsp3) is 0. The Morgan fingerprint density at radius 3 is 2.35 bits per heavy atom. The molecule has 2 aromatic rings. The first-order chi connectivity index (χ1) is 8.29. The van der Waals surface area contributed by atoms with E-state index in [1.807, 2.05) is 36.4 Å². The number of para-hydroxylation sites is 1. The second-order valence-electron chi connectivity index (χ2n) is 3.55. The molecule has 0 aromatic heterocycles. The van der Waals surface area contributed by atoms with Crippen molar-refractivity contribution in [1.29, 1.82) is 0 Å². The number of amides is 1. The van der Waals surface area contributed by atoms with E-state index in [4.69, 9.17) is 5.84 Å². The molecule has 0 bridgehead atoms. The Bertz CT molecular complexity index is 511. The highest BCUT2D eigenvalue weighted by Gasteiger charge is 2.03. The van der Waals surface area contributed by atoms with Crippen LogP contribution in [0.1, 0.15) is 10.4 Å². The summed E-state index contributed by atoms with van der Waals surface area (Å²) in [5, 5.41) is 3.20. The van der Waals surface area contributed by atoms with E-state index in [2.05, 4.69) is 10.7 Å². The van der Waals surface area contributed by atoms with Gasteiger partial charge >= 0.3 is 0 Å². The van der Waals surface area contributed by atoms with Gasteiger partial charge < -0.3 is 5.32 Å². The molecule has 0 aliphatic heterocycles. The highest BCUT2D eigenvalue weighted by atomic mass is 16.2. The minimum Gasteiger partial charge on any atom is -0.356 e. The molecule has 0 saturated heterocycles. The minimum atomic E-state index is -0.304. The highest BCUT2D eigenvalue weighted by molar-refractivity contribution is 5.94. The average molecular weight is 227 g/mol. The van der Waals surface area contributed by atoms with Crippen LogP contribution >= 0.6 is 0 Å². The van der Waals surface area contributed by atoms with E-state index < -0.39 is 0 Å². The molecule has 0 aliphatic rings. The number of nitrogens with two attached hydrogens (primary N) is 1. The molecule has 0 saturated carbocycles. The number of hydrogen-bond donors (Lipinski definition) is 3. The molecule has 4 nitrogen and oxygen atoms in total. The number of carbonyl (C=O) groups is 1. The van der Waals surface area contributed by atoms with Crippen molar-refractivity contribution in [3.63, 3.8) is 0 Å². The van der Waals surface area contributed by atoms with Gasteiger partial charge in [-0.15, -0.1) is 0 Å². The summed E-state index contributed by atoms with van der Waals surface area (Å²) in [6, 6.07) is 16.9. The number of carbonyl (C=O) groups excluding carboxylic acids is 1. The van der Waals surface area contributed by atoms with Gasteiger partial charge in [-0.25, -0.2) is 5.84 Å². The van der Waals surface area contributed by atoms with Crippen molar-refractivity contribution in [3.05, 3.63) is 60.2 Å². The van der Waals surface area contributed by atoms with Gasteiger partial charge in [-0.05, 0) is 30.3 Å². The molecule has 0 fully saturated rings. The molecular formula is C13H13N3O. The zero-order chi connectivity index (χ0) is 12.1. The van der Waals surface area contributed by atoms with Gasteiger partial charge in [0.25, 0.3) is 5.91 Å². The first kappa shape index (κ1) is 11.2. The number of benzene rings is 2. The summed E-state index contributed by atoms with van der Waals surface area (Å²) in [6.45, 7) is 0. The van der Waals surface area contributed by atoms with Crippen LogP contribution in [-0.4, -0.2) is 5.91 Å². The fourth-order valence-electron chi connectivity index (χ4n) is 1.51. The van der Waals surface area contributed by atoms with Gasteiger partial charge in [-0.3, -0.25) is 10.2 Å². The Balaban J connectivity index is 2.20. The van der Waals surface area contributed by atoms with E-state index in [1.54, 1.807) is 18.2 Å². The standard InChI is InChI=1S/C13H13N3O/c14-16-13(17)10-5-4-8-12(9-10)15-11-6-2-1-3-7-11/h1-9,15H,14H2,(H,16,17). The monoisotopic (exact) mass is 227 g/mol. The molecule has 1 amide bonds. The van der Waals surface area contributed by atoms with Crippen LogP contribution in [0.5, 0.6) is 0 Å². The summed E-state index contributed by atoms with van der Waals surface area (Å²) < 4.78 is 0. The normalized spacial score (nSPS) is 9.71. The predicted octanol–water partition coefficient (Wildman–Crippen LogP) is 2.03. The van der Waals surface area contributed by atoms with E-state index in [9.17, 15) is 4.79 Å². The van der Waals surface area contributed by atoms with Crippen LogP contribution in [0.25, 0.3) is 0 Å². The van der Waals surface area contributed by atoms with E-state index in [0.717, 1.165) is 11.4 Å². The van der Waals surface area contributed by atoms with Gasteiger partial charge in [0.05, 0.1) is 0 Å². The number of hydrazine groups is 1. The topological polar surface area (TPSA) is 67.1 Å². The van der Waals surface area contributed by atoms with E-state index >= 15 is 0 Å². The smallest absolute Gasteiger partial charge is 0.265 e. The van der Waals surface area contributed by atoms with Gasteiger partial charge in [0.15, 0.2) is 0 Å². The molecule has 0 spiro atoms. The SMILES string of the molecule is NNC(=O)c1cccc(Nc2ccccc2)c1. The summed E-state index contributed by atoms with van der Waals surface area (Å²) >= 11 is 0. The molecule has 0 heterocycles. The predicted molar refractivity (Wildman–Crippen MR) is 67.8 cm³/mol. The van der Waals surface area contributed by atoms with Crippen molar-refractivity contribution in [2.24, 2.45) is 5.84 Å². The summed E-state index contributed by atoms with van der Waals surface area (Å²) in [4.78, 5) is 11.4. The lowest BCUT2D eigenvalue weighted by molar-refractivity contribution is 0.0953. The Morgan fingerprint density at radius 2 is 1.65 bits per heavy atom. The van der Waals surface area contributed by atoms with Gasteiger partial charge in [0.2, 0.25) is 0 Å². The zero-order valence-corrected chi connectivity index (χ0v) is 9.18. The van der Waals surface area contributed by atoms with Gasteiger partial charge in [0.1, 0.15) is 0 Å². The van der Waals surface area contributed by atoms with Crippen LogP contribution in [0.15, 0.2) is 54.6 Å². The largest absolute Gasteiger partial charge is 0.356 e. The van der Waals surface area contributed by atoms with Crippen LogP contribution in [0.3, 0.4) is 0 Å². The van der Waals surface area contributed by atoms with E-state index in [0.29, 0.717) is 5.56 Å². The molecule has 2 aromatic carbocycles. The summed E-state index contributed by atoms with van der Waals surface area (Å²) in [5.41, 5.74) is 4.44. The van der Waals surface area contributed by atoms with Crippen molar-refractivity contribution in [2.75, 3.05) is 5.32 Å². The van der Waals surface area contributed by atoms with Crippen molar-refractivity contribution in [2.45, 2.75) is 0 Å². The summed E-state index contributed by atoms with van der Waals surface area (Å²) in [6.07, 6.45) is 0. The molecule has 0 unspecified atom stereocenters. The van der Waals surface area contributed by atoms with Crippen molar-refractivity contribution in [1.82, 2.24) is 5.43 Å². The molecule has 4 N–H and O–H groups in total. The van der Waals surface area contributed by atoms with Crippen molar-refractivity contribution < 1.29 is 4.79 Å². The molecule has 0 aliphatic carbocycles. The van der Waals surface area contributed by atoms with Crippen LogP contribution in [0, 0.1) is 0 Å². The van der Waals surface area contributed by atoms with Gasteiger partial charge in [-0.2, -0.15) is 0 Å². The lowest BCUT2D eigenvalue weighted by Gasteiger charge is -2.07. The van der Waals surface area contributed by atoms with E-state index in [-0.39, 0.29) is 5.91 Å². The van der Waals surface area contributed by atoms with Crippen LogP contribution in [0.2, 0.25) is 0 Å². The quantitative estimate of drug-likeness (QED) is 0.427. The molecule has 86 valence electrons. The maximum Gasteiger partial charge on any atom is 0.265 e. The van der Waals surface area contributed by atoms with E-state index in [1.165, 1.54) is 0 Å². The Labute approximate surface area is 99.4 Å². The lowest BCUT2D eigenvalue weighted by atomic mass is 10.2. The van der Waals surface area contributed by atoms with Crippen LogP contribution in [-0.2, 0) is 0 Å². The van der Waals surface area contributed by atoms with Gasteiger partial charge in [0, 0.05) is 16.9 Å². The third-order valence-corrected chi connectivity index (χ3v) is 2.32. The summed E-state index contributed by atoms with van der Waals surface area (Å²) in [7, 11) is 0. The zero-order valence-electron chi connectivity index (χ0n) is 9.18. The molecule has 4 heteroatoms. The maximum atomic E-state index is 11.4. The minimum absolute atomic E-state index is 0.304. The molecule has 2 rings (SSSR count). The van der Waals surface area contributed by atoms with Crippen LogP contribution in [0.4, 0.5) is 11.4 Å². The first-order valence-electron chi connectivity index (χ1n) is 5.22. The average Bonchev–Trinajstić information content (AvgIpc) is 2.39. The second-order valence-corrected chi connectivity index (χ2v) is 3.55. The highest BCUT2D eigenvalue weighted by Crippen LogP contribution is 2.17. The first-order valence-corrected chi connectivity index (χ1v) is 5.22. The number of hydrogen-bond acceptors (Lipinski definition) is 3. The summed E-state index contributed by atoms with van der Waals surface area (Å²) in [5.74, 6) is 4.78. The number of anilines is 2. The Morgan fingerprint density at radius 1 is 0.941 bits per heavy atom. The molecule has 0 radical (unpaired) electrons. The third-order valence-electron chi connectivity index (χ3n) is 2.32. The fourth-order valence-corrected chi connectivity index (χ4v) is 1.51. The maximum absolute atomic E-state index is 11.4. The molecule has 17 heavy (non-hydrogen) atoms. The van der Waals surface area contributed by atoms with Crippen LogP contribution < -0.4 is 16.6 Å². The van der Waals surface area contributed by atoms with Crippen molar-refractivity contribution >= 4 is 17.3 Å². The number of nitrogens with one attached hydrogen (secondary N) is 2. The molecule has 0 atom stereocenters. The number of rotatable bonds is 3. The Hall–Kier alpha value is -2.33. The lowest BCUT2D eigenvalue weighted by Crippen LogP contribution is -2.29. The second kappa shape index (κ2) is 5.14. The molecular weight excluding hydrogens is 214 g/mol.